The molecule has 102 valence electrons. The van der Waals surface area contributed by atoms with Crippen molar-refractivity contribution in [2.75, 3.05) is 18.0 Å². The van der Waals surface area contributed by atoms with Crippen LogP contribution in [-0.4, -0.2) is 30.1 Å². The molecule has 0 bridgehead atoms. The first kappa shape index (κ1) is 14.0. The molecule has 19 heavy (non-hydrogen) atoms. The van der Waals surface area contributed by atoms with E-state index < -0.39 is 5.97 Å². The molecule has 0 radical (unpaired) electrons. The standard InChI is InChI=1S/C13H15BrN2O3/c1-7-2-9(14)4-10(13(18)19)12(7)16-6-8(5-15)3-11(16)17/h2,4,8H,3,5-6,15H2,1H3,(H,18,19). The quantitative estimate of drug-likeness (QED) is 0.886. The van der Waals surface area contributed by atoms with Gasteiger partial charge in [-0.05, 0) is 37.1 Å². The van der Waals surface area contributed by atoms with Gasteiger partial charge in [-0.15, -0.1) is 0 Å². The fourth-order valence-electron chi connectivity index (χ4n) is 2.41. The van der Waals surface area contributed by atoms with Gasteiger partial charge in [0, 0.05) is 17.4 Å². The first-order valence-corrected chi connectivity index (χ1v) is 6.77. The van der Waals surface area contributed by atoms with Crippen LogP contribution in [0.15, 0.2) is 16.6 Å². The molecule has 3 N–H and O–H groups in total. The molecule has 1 aromatic carbocycles. The number of rotatable bonds is 3. The molecule has 5 nitrogen and oxygen atoms in total. The summed E-state index contributed by atoms with van der Waals surface area (Å²) in [5.74, 6) is -1.01. The molecule has 1 heterocycles. The summed E-state index contributed by atoms with van der Waals surface area (Å²) in [6.45, 7) is 2.72. The normalized spacial score (nSPS) is 19.0. The lowest BCUT2D eigenvalue weighted by Gasteiger charge is -2.21. The molecule has 1 saturated heterocycles. The third kappa shape index (κ3) is 2.64. The lowest BCUT2D eigenvalue weighted by Crippen LogP contribution is -2.28. The zero-order valence-electron chi connectivity index (χ0n) is 10.5. The summed E-state index contributed by atoms with van der Waals surface area (Å²) in [6.07, 6.45) is 0.380. The molecular formula is C13H15BrN2O3. The molecule has 1 unspecified atom stereocenters. The van der Waals surface area contributed by atoms with Gasteiger partial charge in [-0.25, -0.2) is 4.79 Å². The van der Waals surface area contributed by atoms with Gasteiger partial charge in [0.2, 0.25) is 5.91 Å². The Bertz CT molecular complexity index is 545. The van der Waals surface area contributed by atoms with Crippen LogP contribution in [0.4, 0.5) is 5.69 Å². The molecular weight excluding hydrogens is 312 g/mol. The van der Waals surface area contributed by atoms with Crippen molar-refractivity contribution in [2.24, 2.45) is 11.7 Å². The lowest BCUT2D eigenvalue weighted by atomic mass is 10.1. The summed E-state index contributed by atoms with van der Waals surface area (Å²) in [4.78, 5) is 24.9. The summed E-state index contributed by atoms with van der Waals surface area (Å²) in [5, 5.41) is 9.30. The predicted molar refractivity (Wildman–Crippen MR) is 75.4 cm³/mol. The largest absolute Gasteiger partial charge is 0.478 e. The molecule has 0 spiro atoms. The number of hydrogen-bond acceptors (Lipinski definition) is 3. The number of halogens is 1. The van der Waals surface area contributed by atoms with E-state index in [1.165, 1.54) is 6.07 Å². The maximum absolute atomic E-state index is 12.0. The minimum atomic E-state index is -1.04. The number of hydrogen-bond donors (Lipinski definition) is 2. The number of nitrogens with zero attached hydrogens (tertiary/aromatic N) is 1. The van der Waals surface area contributed by atoms with E-state index in [0.717, 1.165) is 5.56 Å². The van der Waals surface area contributed by atoms with Gasteiger partial charge in [-0.2, -0.15) is 0 Å². The highest BCUT2D eigenvalue weighted by molar-refractivity contribution is 9.10. The fraction of sp³-hybridized carbons (Fsp3) is 0.385. The Morgan fingerprint density at radius 2 is 2.26 bits per heavy atom. The molecule has 1 atom stereocenters. The number of carboxylic acid groups (broad SMARTS) is 1. The van der Waals surface area contributed by atoms with E-state index in [-0.39, 0.29) is 17.4 Å². The van der Waals surface area contributed by atoms with Crippen molar-refractivity contribution in [3.8, 4) is 0 Å². The Balaban J connectivity index is 2.50. The summed E-state index contributed by atoms with van der Waals surface area (Å²) in [5.41, 5.74) is 6.98. The number of amides is 1. The average molecular weight is 327 g/mol. The minimum Gasteiger partial charge on any atom is -0.478 e. The number of carbonyl (C=O) groups is 2. The van der Waals surface area contributed by atoms with Crippen LogP contribution in [0.5, 0.6) is 0 Å². The molecule has 1 aliphatic heterocycles. The Morgan fingerprint density at radius 3 is 2.79 bits per heavy atom. The summed E-state index contributed by atoms with van der Waals surface area (Å²) in [7, 11) is 0. The van der Waals surface area contributed by atoms with E-state index >= 15 is 0 Å². The molecule has 2 rings (SSSR count). The number of anilines is 1. The number of aryl methyl sites for hydroxylation is 1. The smallest absolute Gasteiger partial charge is 0.337 e. The van der Waals surface area contributed by atoms with Gasteiger partial charge in [0.15, 0.2) is 0 Å². The lowest BCUT2D eigenvalue weighted by molar-refractivity contribution is -0.117. The van der Waals surface area contributed by atoms with Gasteiger partial charge in [0.25, 0.3) is 0 Å². The predicted octanol–water partition coefficient (Wildman–Crippen LogP) is 1.77. The number of nitrogens with two attached hydrogens (primary N) is 1. The van der Waals surface area contributed by atoms with Crippen molar-refractivity contribution in [3.63, 3.8) is 0 Å². The molecule has 1 aromatic rings. The highest BCUT2D eigenvalue weighted by atomic mass is 79.9. The van der Waals surface area contributed by atoms with Gasteiger partial charge in [0.1, 0.15) is 0 Å². The van der Waals surface area contributed by atoms with E-state index in [9.17, 15) is 14.7 Å². The van der Waals surface area contributed by atoms with Crippen LogP contribution in [-0.2, 0) is 4.79 Å². The van der Waals surface area contributed by atoms with Gasteiger partial charge in [-0.1, -0.05) is 15.9 Å². The van der Waals surface area contributed by atoms with Crippen LogP contribution in [0.1, 0.15) is 22.3 Å². The Morgan fingerprint density at radius 1 is 1.58 bits per heavy atom. The zero-order valence-corrected chi connectivity index (χ0v) is 12.1. The zero-order chi connectivity index (χ0) is 14.2. The molecule has 6 heteroatoms. The Labute approximate surface area is 119 Å². The monoisotopic (exact) mass is 326 g/mol. The molecule has 1 amide bonds. The van der Waals surface area contributed by atoms with Crippen LogP contribution in [0.2, 0.25) is 0 Å². The van der Waals surface area contributed by atoms with E-state index in [0.29, 0.717) is 29.7 Å². The fourth-order valence-corrected chi connectivity index (χ4v) is 2.98. The summed E-state index contributed by atoms with van der Waals surface area (Å²) >= 11 is 3.28. The number of benzene rings is 1. The van der Waals surface area contributed by atoms with Crippen molar-refractivity contribution in [2.45, 2.75) is 13.3 Å². The maximum atomic E-state index is 12.0. The molecule has 1 aliphatic rings. The van der Waals surface area contributed by atoms with Crippen LogP contribution >= 0.6 is 15.9 Å². The first-order chi connectivity index (χ1) is 8.93. The van der Waals surface area contributed by atoms with Crippen molar-refractivity contribution < 1.29 is 14.7 Å². The minimum absolute atomic E-state index is 0.0663. The second kappa shape index (κ2) is 5.30. The van der Waals surface area contributed by atoms with E-state index in [2.05, 4.69) is 15.9 Å². The van der Waals surface area contributed by atoms with Crippen LogP contribution < -0.4 is 10.6 Å². The number of aromatic carboxylic acids is 1. The van der Waals surface area contributed by atoms with Gasteiger partial charge in [-0.3, -0.25) is 4.79 Å². The van der Waals surface area contributed by atoms with Crippen LogP contribution in [0.3, 0.4) is 0 Å². The second-order valence-corrected chi connectivity index (χ2v) is 5.65. The van der Waals surface area contributed by atoms with Gasteiger partial charge >= 0.3 is 5.97 Å². The topological polar surface area (TPSA) is 83.6 Å². The molecule has 1 fully saturated rings. The number of carbonyl (C=O) groups excluding carboxylic acids is 1. The van der Waals surface area contributed by atoms with E-state index in [4.69, 9.17) is 5.73 Å². The third-order valence-corrected chi connectivity index (χ3v) is 3.76. The highest BCUT2D eigenvalue weighted by Crippen LogP contribution is 2.33. The van der Waals surface area contributed by atoms with E-state index in [1.807, 2.05) is 6.07 Å². The van der Waals surface area contributed by atoms with Gasteiger partial charge in [0.05, 0.1) is 11.3 Å². The SMILES string of the molecule is Cc1cc(Br)cc(C(=O)O)c1N1CC(CN)CC1=O. The maximum Gasteiger partial charge on any atom is 0.337 e. The van der Waals surface area contributed by atoms with Crippen LogP contribution in [0.25, 0.3) is 0 Å². The Kier molecular flexibility index (Phi) is 3.91. The van der Waals surface area contributed by atoms with Crippen LogP contribution in [0, 0.1) is 12.8 Å². The molecule has 0 saturated carbocycles. The Hall–Kier alpha value is -1.40. The van der Waals surface area contributed by atoms with Crippen molar-refractivity contribution in [3.05, 3.63) is 27.7 Å². The summed E-state index contributed by atoms with van der Waals surface area (Å²) in [6, 6.07) is 3.33. The molecule has 0 aromatic heterocycles. The highest BCUT2D eigenvalue weighted by Gasteiger charge is 2.33. The third-order valence-electron chi connectivity index (χ3n) is 3.30. The van der Waals surface area contributed by atoms with Crippen molar-refractivity contribution in [1.29, 1.82) is 0 Å². The molecule has 0 aliphatic carbocycles. The summed E-state index contributed by atoms with van der Waals surface area (Å²) < 4.78 is 0.688. The van der Waals surface area contributed by atoms with Crippen molar-refractivity contribution >= 4 is 33.5 Å². The van der Waals surface area contributed by atoms with Gasteiger partial charge < -0.3 is 15.7 Å². The second-order valence-electron chi connectivity index (χ2n) is 4.73. The first-order valence-electron chi connectivity index (χ1n) is 5.98. The van der Waals surface area contributed by atoms with Crippen molar-refractivity contribution in [1.82, 2.24) is 0 Å². The van der Waals surface area contributed by atoms with E-state index in [1.54, 1.807) is 11.8 Å². The average Bonchev–Trinajstić information content (AvgIpc) is 2.69. The number of carboxylic acids is 1.